The highest BCUT2D eigenvalue weighted by Crippen LogP contribution is 2.32. The zero-order chi connectivity index (χ0) is 13.5. The molecular weight excluding hydrogens is 326 g/mol. The fourth-order valence-electron chi connectivity index (χ4n) is 2.08. The van der Waals surface area contributed by atoms with Crippen molar-refractivity contribution in [3.63, 3.8) is 0 Å². The van der Waals surface area contributed by atoms with Crippen LogP contribution in [0.2, 0.25) is 0 Å². The Kier molecular flexibility index (Phi) is 6.67. The maximum absolute atomic E-state index is 5.83. The van der Waals surface area contributed by atoms with E-state index in [-0.39, 0.29) is 0 Å². The first-order chi connectivity index (χ1) is 9.29. The van der Waals surface area contributed by atoms with E-state index in [1.807, 2.05) is 18.0 Å². The van der Waals surface area contributed by atoms with Gasteiger partial charge in [0.25, 0.3) is 0 Å². The summed E-state index contributed by atoms with van der Waals surface area (Å²) in [5.41, 5.74) is 0. The van der Waals surface area contributed by atoms with Crippen LogP contribution in [0.25, 0.3) is 0 Å². The molecule has 1 heterocycles. The lowest BCUT2D eigenvalue weighted by Crippen LogP contribution is -2.36. The summed E-state index contributed by atoms with van der Waals surface area (Å²) in [6.45, 7) is 3.47. The Labute approximate surface area is 127 Å². The quantitative estimate of drug-likeness (QED) is 0.580. The van der Waals surface area contributed by atoms with E-state index in [4.69, 9.17) is 9.47 Å². The van der Waals surface area contributed by atoms with E-state index in [2.05, 4.69) is 38.4 Å². The Balaban J connectivity index is 1.82. The summed E-state index contributed by atoms with van der Waals surface area (Å²) in [4.78, 5) is 1.26. The number of methoxy groups -OCH3 is 1. The van der Waals surface area contributed by atoms with Crippen LogP contribution in [0, 0.1) is 0 Å². The highest BCUT2D eigenvalue weighted by atomic mass is 79.9. The van der Waals surface area contributed by atoms with Crippen LogP contribution in [0.4, 0.5) is 0 Å². The number of nitrogens with zero attached hydrogens (tertiary/aromatic N) is 1. The summed E-state index contributed by atoms with van der Waals surface area (Å²) in [5, 5.41) is 0. The number of rotatable bonds is 6. The first kappa shape index (κ1) is 15.3. The topological polar surface area (TPSA) is 21.7 Å². The largest absolute Gasteiger partial charge is 0.382 e. The molecule has 1 aromatic rings. The normalized spacial score (nSPS) is 20.6. The molecule has 0 amide bonds. The SMILES string of the molecule is COCCOC1CCCN(Sc2ccccc2Br)C1. The Morgan fingerprint density at radius 2 is 2.21 bits per heavy atom. The molecular formula is C14H20BrNO2S. The van der Waals surface area contributed by atoms with Crippen molar-refractivity contribution in [1.82, 2.24) is 4.31 Å². The van der Waals surface area contributed by atoms with Crippen molar-refractivity contribution >= 4 is 27.9 Å². The lowest BCUT2D eigenvalue weighted by molar-refractivity contribution is -0.00508. The molecule has 1 saturated heterocycles. The van der Waals surface area contributed by atoms with Crippen LogP contribution in [0.15, 0.2) is 33.6 Å². The van der Waals surface area contributed by atoms with Gasteiger partial charge < -0.3 is 9.47 Å². The number of ether oxygens (including phenoxy) is 2. The molecule has 19 heavy (non-hydrogen) atoms. The van der Waals surface area contributed by atoms with Gasteiger partial charge in [-0.1, -0.05) is 12.1 Å². The minimum atomic E-state index is 0.332. The summed E-state index contributed by atoms with van der Waals surface area (Å²) in [6, 6.07) is 8.34. The molecule has 0 aliphatic carbocycles. The third kappa shape index (κ3) is 5.08. The number of halogens is 1. The maximum atomic E-state index is 5.83. The van der Waals surface area contributed by atoms with Crippen LogP contribution >= 0.6 is 27.9 Å². The Hall–Kier alpha value is -0.0700. The van der Waals surface area contributed by atoms with Gasteiger partial charge in [-0.05, 0) is 52.9 Å². The van der Waals surface area contributed by atoms with Gasteiger partial charge in [0.15, 0.2) is 0 Å². The fourth-order valence-corrected chi connectivity index (χ4v) is 3.62. The molecule has 1 aromatic carbocycles. The predicted molar refractivity (Wildman–Crippen MR) is 82.4 cm³/mol. The molecule has 106 valence electrons. The highest BCUT2D eigenvalue weighted by Gasteiger charge is 2.21. The Morgan fingerprint density at radius 3 is 3.00 bits per heavy atom. The van der Waals surface area contributed by atoms with Gasteiger partial charge in [0.1, 0.15) is 0 Å². The first-order valence-electron chi connectivity index (χ1n) is 6.57. The number of benzene rings is 1. The number of hydrogen-bond donors (Lipinski definition) is 0. The van der Waals surface area contributed by atoms with E-state index in [0.29, 0.717) is 19.3 Å². The molecule has 1 aliphatic rings. The van der Waals surface area contributed by atoms with E-state index < -0.39 is 0 Å². The average Bonchev–Trinajstić information content (AvgIpc) is 2.42. The second-order valence-electron chi connectivity index (χ2n) is 4.54. The first-order valence-corrected chi connectivity index (χ1v) is 8.14. The zero-order valence-corrected chi connectivity index (χ0v) is 13.6. The van der Waals surface area contributed by atoms with Gasteiger partial charge in [-0.15, -0.1) is 0 Å². The summed E-state index contributed by atoms with van der Waals surface area (Å²) in [6.07, 6.45) is 2.67. The molecule has 1 aliphatic heterocycles. The van der Waals surface area contributed by atoms with Crippen molar-refractivity contribution in [2.75, 3.05) is 33.4 Å². The average molecular weight is 346 g/mol. The highest BCUT2D eigenvalue weighted by molar-refractivity contribution is 9.10. The molecule has 0 radical (unpaired) electrons. The van der Waals surface area contributed by atoms with E-state index in [1.165, 1.54) is 11.3 Å². The Bertz CT molecular complexity index is 391. The summed E-state index contributed by atoms with van der Waals surface area (Å²) in [7, 11) is 1.71. The fraction of sp³-hybridized carbons (Fsp3) is 0.571. The van der Waals surface area contributed by atoms with Crippen molar-refractivity contribution in [2.45, 2.75) is 23.8 Å². The minimum Gasteiger partial charge on any atom is -0.382 e. The van der Waals surface area contributed by atoms with Crippen molar-refractivity contribution in [2.24, 2.45) is 0 Å². The van der Waals surface area contributed by atoms with Crippen molar-refractivity contribution in [1.29, 1.82) is 0 Å². The van der Waals surface area contributed by atoms with Gasteiger partial charge in [0.05, 0.1) is 19.3 Å². The summed E-state index contributed by atoms with van der Waals surface area (Å²) >= 11 is 5.40. The van der Waals surface area contributed by atoms with Gasteiger partial charge in [-0.3, -0.25) is 0 Å². The smallest absolute Gasteiger partial charge is 0.0713 e. The molecule has 0 aromatic heterocycles. The van der Waals surface area contributed by atoms with Gasteiger partial charge in [-0.2, -0.15) is 0 Å². The molecule has 5 heteroatoms. The van der Waals surface area contributed by atoms with Crippen LogP contribution in [0.5, 0.6) is 0 Å². The predicted octanol–water partition coefficient (Wildman–Crippen LogP) is 3.58. The molecule has 0 saturated carbocycles. The van der Waals surface area contributed by atoms with E-state index >= 15 is 0 Å². The zero-order valence-electron chi connectivity index (χ0n) is 11.2. The molecule has 0 spiro atoms. The van der Waals surface area contributed by atoms with E-state index in [1.54, 1.807) is 7.11 Å². The van der Waals surface area contributed by atoms with Gasteiger partial charge in [0.2, 0.25) is 0 Å². The van der Waals surface area contributed by atoms with Crippen molar-refractivity contribution < 1.29 is 9.47 Å². The maximum Gasteiger partial charge on any atom is 0.0713 e. The van der Waals surface area contributed by atoms with Gasteiger partial charge in [-0.25, -0.2) is 4.31 Å². The molecule has 0 bridgehead atoms. The summed E-state index contributed by atoms with van der Waals surface area (Å²) in [5.74, 6) is 0. The lowest BCUT2D eigenvalue weighted by atomic mass is 10.1. The molecule has 3 nitrogen and oxygen atoms in total. The third-order valence-corrected chi connectivity index (χ3v) is 5.14. The standard InChI is InChI=1S/C14H20BrNO2S/c1-17-9-10-18-12-5-4-8-16(11-12)19-14-7-3-2-6-13(14)15/h2-3,6-7,12H,4-5,8-11H2,1H3. The molecule has 1 fully saturated rings. The second kappa shape index (κ2) is 8.27. The van der Waals surface area contributed by atoms with Gasteiger partial charge >= 0.3 is 0 Å². The van der Waals surface area contributed by atoms with E-state index in [9.17, 15) is 0 Å². The summed E-state index contributed by atoms with van der Waals surface area (Å²) < 4.78 is 14.4. The molecule has 2 rings (SSSR count). The second-order valence-corrected chi connectivity index (χ2v) is 6.53. The Morgan fingerprint density at radius 1 is 1.37 bits per heavy atom. The minimum absolute atomic E-state index is 0.332. The molecule has 1 atom stereocenters. The van der Waals surface area contributed by atoms with Crippen LogP contribution in [-0.2, 0) is 9.47 Å². The monoisotopic (exact) mass is 345 g/mol. The number of piperidine rings is 1. The molecule has 1 unspecified atom stereocenters. The van der Waals surface area contributed by atoms with E-state index in [0.717, 1.165) is 24.0 Å². The lowest BCUT2D eigenvalue weighted by Gasteiger charge is -2.31. The van der Waals surface area contributed by atoms with Crippen molar-refractivity contribution in [3.8, 4) is 0 Å². The van der Waals surface area contributed by atoms with Crippen molar-refractivity contribution in [3.05, 3.63) is 28.7 Å². The van der Waals surface area contributed by atoms with Crippen LogP contribution in [0.1, 0.15) is 12.8 Å². The molecule has 0 N–H and O–H groups in total. The van der Waals surface area contributed by atoms with Crippen LogP contribution < -0.4 is 0 Å². The number of hydrogen-bond acceptors (Lipinski definition) is 4. The van der Waals surface area contributed by atoms with Gasteiger partial charge in [0, 0.05) is 29.6 Å². The van der Waals surface area contributed by atoms with Crippen LogP contribution in [-0.4, -0.2) is 43.8 Å². The van der Waals surface area contributed by atoms with Crippen LogP contribution in [0.3, 0.4) is 0 Å². The third-order valence-electron chi connectivity index (χ3n) is 3.05.